The Balaban J connectivity index is 1.07. The van der Waals surface area contributed by atoms with Crippen LogP contribution in [0.4, 0.5) is 11.4 Å². The number of para-hydroxylation sites is 2. The van der Waals surface area contributed by atoms with E-state index in [2.05, 4.69) is 106 Å². The zero-order valence-electron chi connectivity index (χ0n) is 27.8. The van der Waals surface area contributed by atoms with Gasteiger partial charge in [-0.2, -0.15) is 0 Å². The molecule has 4 saturated heterocycles. The van der Waals surface area contributed by atoms with E-state index in [0.717, 1.165) is 50.2 Å². The lowest BCUT2D eigenvalue weighted by atomic mass is 9.54. The molecule has 11 atom stereocenters. The summed E-state index contributed by atoms with van der Waals surface area (Å²) in [5, 5.41) is 0. The molecule has 0 N–H and O–H groups in total. The molecule has 0 aromatic heterocycles. The van der Waals surface area contributed by atoms with Gasteiger partial charge >= 0.3 is 0 Å². The van der Waals surface area contributed by atoms with Crippen LogP contribution >= 0.6 is 0 Å². The van der Waals surface area contributed by atoms with Crippen molar-refractivity contribution < 1.29 is 9.59 Å². The van der Waals surface area contributed by atoms with Crippen molar-refractivity contribution in [3.63, 3.8) is 0 Å². The Bertz CT molecular complexity index is 2010. The zero-order chi connectivity index (χ0) is 31.8. The van der Waals surface area contributed by atoms with Crippen LogP contribution in [0.15, 0.2) is 95.6 Å². The van der Waals surface area contributed by atoms with Gasteiger partial charge in [-0.05, 0) is 87.2 Å². The molecule has 242 valence electrons. The largest absolute Gasteiger partial charge is 0.304 e. The van der Waals surface area contributed by atoms with Crippen molar-refractivity contribution in [2.75, 3.05) is 29.4 Å². The Hall–Kier alpha value is -3.74. The van der Waals surface area contributed by atoms with Gasteiger partial charge in [0.15, 0.2) is 0 Å². The van der Waals surface area contributed by atoms with Crippen LogP contribution in [0.5, 0.6) is 0 Å². The topological polar surface area (TPSA) is 47.1 Å². The summed E-state index contributed by atoms with van der Waals surface area (Å²) in [4.78, 5) is 39.2. The van der Waals surface area contributed by atoms with Crippen molar-refractivity contribution in [2.45, 2.75) is 80.6 Å². The first-order chi connectivity index (χ1) is 23.5. The van der Waals surface area contributed by atoms with Gasteiger partial charge < -0.3 is 9.80 Å². The molecule has 8 heterocycles. The third-order valence-electron chi connectivity index (χ3n) is 15.7. The number of rotatable bonds is 1. The second-order valence-corrected chi connectivity index (χ2v) is 16.6. The zero-order valence-corrected chi connectivity index (χ0v) is 27.8. The quantitative estimate of drug-likeness (QED) is 0.389. The van der Waals surface area contributed by atoms with Crippen molar-refractivity contribution in [2.24, 2.45) is 23.7 Å². The van der Waals surface area contributed by atoms with Gasteiger partial charge in [-0.3, -0.25) is 19.4 Å². The summed E-state index contributed by atoms with van der Waals surface area (Å²) in [7, 11) is 0. The second kappa shape index (κ2) is 8.70. The van der Waals surface area contributed by atoms with Crippen LogP contribution in [0.2, 0.25) is 0 Å². The van der Waals surface area contributed by atoms with Crippen LogP contribution in [0.3, 0.4) is 0 Å². The molecular weight excluding hydrogens is 592 g/mol. The Morgan fingerprint density at radius 3 is 2.23 bits per heavy atom. The Kier molecular flexibility index (Phi) is 4.91. The van der Waals surface area contributed by atoms with Crippen molar-refractivity contribution in [3.8, 4) is 0 Å². The smallest absolute Gasteiger partial charge is 0.255 e. The molecule has 2 saturated carbocycles. The van der Waals surface area contributed by atoms with E-state index >= 15 is 4.79 Å². The standard InChI is InChI=1S/C42H42N4O2/c1-3-23-21-43-16-15-41-30-9-5-8-12-33(30)46-39(41)28(27(23)18-35(41)43)17-29(40(46)48)34-20-42-31-10-6-7-11-32(31)45-37(47)14-13-25(38(42)45)26-19-36(42)44(34)22-24(26)4-2/h3-14,17,25-28,34-36,38-39H,15-16,18-22H2,1-2H3/b23-3-,24-4-/t25-,26-,27-,28?,34+,35-,36-,38-,39-,41+,42+/m0/s1. The summed E-state index contributed by atoms with van der Waals surface area (Å²) in [5.41, 5.74) is 8.92. The lowest BCUT2D eigenvalue weighted by Gasteiger charge is -2.57. The predicted octanol–water partition coefficient (Wildman–Crippen LogP) is 5.51. The molecule has 10 aliphatic rings. The number of carbonyl (C=O) groups is 2. The first-order valence-corrected chi connectivity index (χ1v) is 18.6. The lowest BCUT2D eigenvalue weighted by Crippen LogP contribution is -2.66. The number of hydrogen-bond donors (Lipinski definition) is 0. The van der Waals surface area contributed by atoms with Crippen LogP contribution in [0.1, 0.15) is 50.7 Å². The van der Waals surface area contributed by atoms with Gasteiger partial charge in [0.05, 0.1) is 12.1 Å². The fraction of sp³-hybridized carbons (Fsp3) is 0.476. The molecule has 6 nitrogen and oxygen atoms in total. The number of anilines is 2. The average molecular weight is 635 g/mol. The van der Waals surface area contributed by atoms with Gasteiger partial charge in [-0.25, -0.2) is 0 Å². The van der Waals surface area contributed by atoms with E-state index < -0.39 is 0 Å². The molecule has 6 heteroatoms. The van der Waals surface area contributed by atoms with Crippen LogP contribution in [0.25, 0.3) is 0 Å². The molecule has 1 unspecified atom stereocenters. The minimum Gasteiger partial charge on any atom is -0.304 e. The maximum atomic E-state index is 15.5. The van der Waals surface area contributed by atoms with Crippen LogP contribution in [0, 0.1) is 23.7 Å². The third-order valence-corrected chi connectivity index (χ3v) is 15.7. The predicted molar refractivity (Wildman–Crippen MR) is 186 cm³/mol. The molecule has 4 bridgehead atoms. The number of piperidine rings is 2. The fourth-order valence-corrected chi connectivity index (χ4v) is 14.2. The molecule has 2 aliphatic carbocycles. The summed E-state index contributed by atoms with van der Waals surface area (Å²) in [6, 6.07) is 18.8. The van der Waals surface area contributed by atoms with Crippen molar-refractivity contribution in [3.05, 3.63) is 107 Å². The molecule has 12 rings (SSSR count). The minimum absolute atomic E-state index is 0.0143. The first-order valence-electron chi connectivity index (χ1n) is 18.6. The number of hydrogen-bond acceptors (Lipinski definition) is 4. The first kappa shape index (κ1) is 27.1. The fourth-order valence-electron chi connectivity index (χ4n) is 14.2. The van der Waals surface area contributed by atoms with E-state index in [1.807, 2.05) is 6.08 Å². The lowest BCUT2D eigenvalue weighted by molar-refractivity contribution is -0.118. The maximum Gasteiger partial charge on any atom is 0.255 e. The molecule has 0 radical (unpaired) electrons. The summed E-state index contributed by atoms with van der Waals surface area (Å²) >= 11 is 0. The van der Waals surface area contributed by atoms with E-state index in [-0.39, 0.29) is 40.8 Å². The molecule has 2 amide bonds. The number of benzene rings is 2. The van der Waals surface area contributed by atoms with Crippen LogP contribution in [-0.4, -0.2) is 71.5 Å². The highest BCUT2D eigenvalue weighted by atomic mass is 16.2. The number of amides is 2. The highest BCUT2D eigenvalue weighted by Crippen LogP contribution is 2.68. The highest BCUT2D eigenvalue weighted by molar-refractivity contribution is 6.10. The van der Waals surface area contributed by atoms with Crippen LogP contribution in [-0.2, 0) is 20.4 Å². The average Bonchev–Trinajstić information content (AvgIpc) is 3.85. The number of allylic oxidation sites excluding steroid dienone is 2. The molecule has 8 aliphatic heterocycles. The van der Waals surface area contributed by atoms with Gasteiger partial charge in [0, 0.05) is 70.8 Å². The summed E-state index contributed by atoms with van der Waals surface area (Å²) < 4.78 is 0. The monoisotopic (exact) mass is 634 g/mol. The maximum absolute atomic E-state index is 15.5. The molecule has 2 aromatic rings. The number of fused-ring (bicyclic) bond motifs is 8. The summed E-state index contributed by atoms with van der Waals surface area (Å²) in [5.74, 6) is 1.87. The number of carbonyl (C=O) groups excluding carboxylic acids is 2. The normalized spacial score (nSPS) is 45.5. The van der Waals surface area contributed by atoms with Crippen molar-refractivity contribution in [1.82, 2.24) is 9.80 Å². The Labute approximate surface area is 282 Å². The van der Waals surface area contributed by atoms with Gasteiger partial charge in [0.2, 0.25) is 0 Å². The van der Waals surface area contributed by atoms with Gasteiger partial charge in [-0.15, -0.1) is 0 Å². The second-order valence-electron chi connectivity index (χ2n) is 16.6. The molecule has 48 heavy (non-hydrogen) atoms. The number of nitrogens with zero attached hydrogens (tertiary/aromatic N) is 4. The Morgan fingerprint density at radius 1 is 0.771 bits per heavy atom. The van der Waals surface area contributed by atoms with Crippen molar-refractivity contribution in [1.29, 1.82) is 0 Å². The van der Waals surface area contributed by atoms with Gasteiger partial charge in [0.25, 0.3) is 11.8 Å². The van der Waals surface area contributed by atoms with E-state index in [1.54, 1.807) is 5.57 Å². The molecular formula is C42H42N4O2. The van der Waals surface area contributed by atoms with E-state index in [4.69, 9.17) is 0 Å². The summed E-state index contributed by atoms with van der Waals surface area (Å²) in [6.07, 6.45) is 15.7. The van der Waals surface area contributed by atoms with Gasteiger partial charge in [-0.1, -0.05) is 71.8 Å². The Morgan fingerprint density at radius 2 is 1.44 bits per heavy atom. The summed E-state index contributed by atoms with van der Waals surface area (Å²) in [6.45, 7) is 7.52. The molecule has 2 aromatic carbocycles. The minimum atomic E-state index is -0.187. The highest BCUT2D eigenvalue weighted by Gasteiger charge is 2.73. The van der Waals surface area contributed by atoms with E-state index in [9.17, 15) is 4.79 Å². The molecule has 2 spiro atoms. The SMILES string of the molecule is C/C=C1/CN2CC[C@]34c5ccccc5N5C(=O)C([C@H]6C[C@]78c9ccccc9N9C(=O)C=C[C@H]([C@H]97)[C@H]7C[C@@H]8N6C/C7=C/C)=CC([C@H]53)[C@H]1C[C@H]24. The van der Waals surface area contributed by atoms with E-state index in [1.165, 1.54) is 28.8 Å². The van der Waals surface area contributed by atoms with Gasteiger partial charge in [0.1, 0.15) is 0 Å². The third kappa shape index (κ3) is 2.73. The molecule has 6 fully saturated rings. The van der Waals surface area contributed by atoms with Crippen molar-refractivity contribution >= 4 is 23.2 Å². The van der Waals surface area contributed by atoms with E-state index in [0.29, 0.717) is 35.8 Å². The van der Waals surface area contributed by atoms with Crippen LogP contribution < -0.4 is 9.80 Å².